The molecule has 4 rings (SSSR count). The number of halogens is 3. The molecule has 10 heteroatoms. The van der Waals surface area contributed by atoms with E-state index in [0.29, 0.717) is 10.9 Å². The average molecular weight is 447 g/mol. The van der Waals surface area contributed by atoms with Gasteiger partial charge in [0.1, 0.15) is 5.01 Å². The van der Waals surface area contributed by atoms with E-state index in [1.54, 1.807) is 12.1 Å². The normalized spacial score (nSPS) is 10.9. The van der Waals surface area contributed by atoms with Crippen molar-refractivity contribution in [2.75, 3.05) is 11.9 Å². The van der Waals surface area contributed by atoms with Crippen LogP contribution in [0.1, 0.15) is 9.67 Å². The van der Waals surface area contributed by atoms with E-state index < -0.39 is 41.5 Å². The number of benzene rings is 2. The summed E-state index contributed by atoms with van der Waals surface area (Å²) in [6.45, 7) is -0.467. The number of amides is 2. The first-order chi connectivity index (χ1) is 14.4. The van der Waals surface area contributed by atoms with Crippen molar-refractivity contribution in [2.45, 2.75) is 0 Å². The van der Waals surface area contributed by atoms with Crippen LogP contribution in [0.15, 0.2) is 48.5 Å². The number of anilines is 1. The summed E-state index contributed by atoms with van der Waals surface area (Å²) in [4.78, 5) is 29.9. The second-order valence-electron chi connectivity index (χ2n) is 6.10. The van der Waals surface area contributed by atoms with E-state index in [4.69, 9.17) is 0 Å². The van der Waals surface area contributed by atoms with E-state index in [-0.39, 0.29) is 0 Å². The van der Waals surface area contributed by atoms with Crippen molar-refractivity contribution in [3.8, 4) is 9.88 Å². The number of rotatable bonds is 5. The Morgan fingerprint density at radius 2 is 1.73 bits per heavy atom. The van der Waals surface area contributed by atoms with Gasteiger partial charge < -0.3 is 10.6 Å². The van der Waals surface area contributed by atoms with Gasteiger partial charge in [0, 0.05) is 0 Å². The third-order valence-electron chi connectivity index (χ3n) is 4.05. The number of nitrogens with one attached hydrogen (secondary N) is 2. The predicted molar refractivity (Wildman–Crippen MR) is 110 cm³/mol. The molecule has 5 nitrogen and oxygen atoms in total. The molecule has 0 bridgehead atoms. The molecule has 0 radical (unpaired) electrons. The van der Waals surface area contributed by atoms with Gasteiger partial charge in [0.15, 0.2) is 17.5 Å². The first-order valence-electron chi connectivity index (χ1n) is 8.59. The van der Waals surface area contributed by atoms with Gasteiger partial charge in [-0.2, -0.15) is 0 Å². The maximum Gasteiger partial charge on any atom is 0.261 e. The van der Waals surface area contributed by atoms with Crippen molar-refractivity contribution in [1.29, 1.82) is 0 Å². The third kappa shape index (κ3) is 4.05. The Bertz CT molecular complexity index is 1240. The Hall–Kier alpha value is -3.24. The first kappa shape index (κ1) is 20.0. The van der Waals surface area contributed by atoms with Gasteiger partial charge in [-0.1, -0.05) is 12.1 Å². The molecule has 0 aliphatic heterocycles. The molecule has 0 spiro atoms. The molecule has 2 N–H and O–H groups in total. The smallest absolute Gasteiger partial charge is 0.261 e. The standard InChI is InChI=1S/C20H12F3N3O2S2/c21-10-5-6-12(18(23)17(10)22)25-16(27)9-24-19(28)14-7-8-15(29-14)20-26-11-3-1-2-4-13(11)30-20/h1-8H,9H2,(H,24,28)(H,25,27). The van der Waals surface area contributed by atoms with E-state index in [0.717, 1.165) is 26.2 Å². The number of carbonyl (C=O) groups excluding carboxylic acids is 2. The lowest BCUT2D eigenvalue weighted by molar-refractivity contribution is -0.115. The van der Waals surface area contributed by atoms with Gasteiger partial charge in [0.25, 0.3) is 5.91 Å². The zero-order valence-corrected chi connectivity index (χ0v) is 16.7. The number of nitrogens with zero attached hydrogens (tertiary/aromatic N) is 1. The van der Waals surface area contributed by atoms with E-state index in [9.17, 15) is 22.8 Å². The summed E-state index contributed by atoms with van der Waals surface area (Å²) in [5, 5.41) is 5.28. The minimum absolute atomic E-state index is 0.371. The molecule has 2 amide bonds. The van der Waals surface area contributed by atoms with Crippen molar-refractivity contribution in [2.24, 2.45) is 0 Å². The van der Waals surface area contributed by atoms with Crippen LogP contribution in [-0.2, 0) is 4.79 Å². The van der Waals surface area contributed by atoms with Crippen LogP contribution in [0.2, 0.25) is 0 Å². The lowest BCUT2D eigenvalue weighted by Gasteiger charge is -2.08. The molecular weight excluding hydrogens is 435 g/mol. The molecular formula is C20H12F3N3O2S2. The molecule has 2 aromatic carbocycles. The lowest BCUT2D eigenvalue weighted by Crippen LogP contribution is -2.32. The summed E-state index contributed by atoms with van der Waals surface area (Å²) in [7, 11) is 0. The fraction of sp³-hybridized carbons (Fsp3) is 0.0500. The van der Waals surface area contributed by atoms with E-state index in [2.05, 4.69) is 15.6 Å². The first-order valence-corrected chi connectivity index (χ1v) is 10.2. The highest BCUT2D eigenvalue weighted by Crippen LogP contribution is 2.34. The summed E-state index contributed by atoms with van der Waals surface area (Å²) in [6.07, 6.45) is 0. The molecule has 30 heavy (non-hydrogen) atoms. The van der Waals surface area contributed by atoms with E-state index >= 15 is 0 Å². The molecule has 0 saturated carbocycles. The Morgan fingerprint density at radius 1 is 0.933 bits per heavy atom. The minimum Gasteiger partial charge on any atom is -0.342 e. The van der Waals surface area contributed by atoms with Crippen molar-refractivity contribution < 1.29 is 22.8 Å². The summed E-state index contributed by atoms with van der Waals surface area (Å²) >= 11 is 2.73. The molecule has 2 aromatic heterocycles. The van der Waals surface area contributed by atoms with Gasteiger partial charge in [0.05, 0.1) is 32.2 Å². The molecule has 4 aromatic rings. The predicted octanol–water partition coefficient (Wildman–Crippen LogP) is 4.81. The van der Waals surface area contributed by atoms with E-state index in [1.807, 2.05) is 24.3 Å². The number of fused-ring (bicyclic) bond motifs is 1. The molecule has 0 atom stereocenters. The van der Waals surface area contributed by atoms with Crippen molar-refractivity contribution in [3.63, 3.8) is 0 Å². The number of hydrogen-bond acceptors (Lipinski definition) is 5. The summed E-state index contributed by atoms with van der Waals surface area (Å²) < 4.78 is 40.8. The number of thiophene rings is 1. The Balaban J connectivity index is 1.39. The maximum absolute atomic E-state index is 13.6. The molecule has 152 valence electrons. The molecule has 0 aliphatic carbocycles. The number of hydrogen-bond donors (Lipinski definition) is 2. The number of carbonyl (C=O) groups is 2. The van der Waals surface area contributed by atoms with Crippen LogP contribution in [0.5, 0.6) is 0 Å². The van der Waals surface area contributed by atoms with Gasteiger partial charge in [0.2, 0.25) is 5.91 Å². The van der Waals surface area contributed by atoms with Crippen LogP contribution < -0.4 is 10.6 Å². The van der Waals surface area contributed by atoms with E-state index in [1.165, 1.54) is 22.7 Å². The lowest BCUT2D eigenvalue weighted by atomic mass is 10.2. The topological polar surface area (TPSA) is 71.1 Å². The highest BCUT2D eigenvalue weighted by molar-refractivity contribution is 7.26. The van der Waals surface area contributed by atoms with Gasteiger partial charge in [-0.15, -0.1) is 22.7 Å². The monoisotopic (exact) mass is 447 g/mol. The third-order valence-corrected chi connectivity index (χ3v) is 6.34. The average Bonchev–Trinajstić information content (AvgIpc) is 3.39. The fourth-order valence-corrected chi connectivity index (χ4v) is 4.56. The van der Waals surface area contributed by atoms with Gasteiger partial charge in [-0.25, -0.2) is 18.2 Å². The van der Waals surface area contributed by atoms with Crippen LogP contribution in [0.25, 0.3) is 20.1 Å². The highest BCUT2D eigenvalue weighted by atomic mass is 32.1. The van der Waals surface area contributed by atoms with Crippen LogP contribution in [0.3, 0.4) is 0 Å². The quantitative estimate of drug-likeness (QED) is 0.432. The molecule has 0 aliphatic rings. The van der Waals surface area contributed by atoms with Crippen molar-refractivity contribution in [1.82, 2.24) is 10.3 Å². The van der Waals surface area contributed by atoms with Crippen LogP contribution >= 0.6 is 22.7 Å². The zero-order chi connectivity index (χ0) is 21.3. The van der Waals surface area contributed by atoms with Crippen LogP contribution in [0.4, 0.5) is 18.9 Å². The molecule has 0 fully saturated rings. The van der Waals surface area contributed by atoms with Crippen molar-refractivity contribution in [3.05, 3.63) is 70.9 Å². The molecule has 0 unspecified atom stereocenters. The zero-order valence-electron chi connectivity index (χ0n) is 15.0. The van der Waals surface area contributed by atoms with Gasteiger partial charge in [-0.3, -0.25) is 9.59 Å². The molecule has 0 saturated heterocycles. The minimum atomic E-state index is -1.68. The Morgan fingerprint density at radius 3 is 2.53 bits per heavy atom. The van der Waals surface area contributed by atoms with Gasteiger partial charge in [-0.05, 0) is 36.4 Å². The van der Waals surface area contributed by atoms with Gasteiger partial charge >= 0.3 is 0 Å². The second kappa shape index (κ2) is 8.25. The number of para-hydroxylation sites is 1. The summed E-state index contributed by atoms with van der Waals surface area (Å²) in [5.74, 6) is -5.82. The maximum atomic E-state index is 13.6. The van der Waals surface area contributed by atoms with Crippen molar-refractivity contribution >= 4 is 50.4 Å². The fourth-order valence-electron chi connectivity index (χ4n) is 2.62. The number of thiazole rings is 1. The largest absolute Gasteiger partial charge is 0.342 e. The Labute approximate surface area is 176 Å². The molecule has 2 heterocycles. The SMILES string of the molecule is O=C(CNC(=O)c1ccc(-c2nc3ccccc3s2)s1)Nc1ccc(F)c(F)c1F. The number of aromatic nitrogens is 1. The highest BCUT2D eigenvalue weighted by Gasteiger charge is 2.17. The Kier molecular flexibility index (Phi) is 5.51. The summed E-state index contributed by atoms with van der Waals surface area (Å²) in [6, 6.07) is 12.7. The van der Waals surface area contributed by atoms with Crippen LogP contribution in [-0.4, -0.2) is 23.3 Å². The second-order valence-corrected chi connectivity index (χ2v) is 8.22. The summed E-state index contributed by atoms with van der Waals surface area (Å²) in [5.41, 5.74) is 0.362. The van der Waals surface area contributed by atoms with Crippen LogP contribution in [0, 0.1) is 17.5 Å².